The van der Waals surface area contributed by atoms with Crippen molar-refractivity contribution >= 4 is 110 Å². The van der Waals surface area contributed by atoms with Gasteiger partial charge in [-0.15, -0.1) is 11.3 Å². The van der Waals surface area contributed by atoms with Gasteiger partial charge in [0.15, 0.2) is 83.1 Å². The van der Waals surface area contributed by atoms with Crippen molar-refractivity contribution in [1.82, 2.24) is 97.9 Å². The first-order valence-corrected chi connectivity index (χ1v) is 49.6. The lowest BCUT2D eigenvalue weighted by atomic mass is 9.86. The molecule has 0 bridgehead atoms. The summed E-state index contributed by atoms with van der Waals surface area (Å²) < 4.78 is 50.8. The highest BCUT2D eigenvalue weighted by molar-refractivity contribution is 7.99. The predicted molar refractivity (Wildman–Crippen MR) is 547 cm³/mol. The summed E-state index contributed by atoms with van der Waals surface area (Å²) in [5.41, 5.74) is 14.9. The Bertz CT molecular complexity index is 7840. The molecule has 0 aliphatic rings. The maximum Gasteiger partial charge on any atom is 0.266 e. The number of thioether (sulfide) groups is 5. The van der Waals surface area contributed by atoms with Crippen LogP contribution in [0.4, 0.5) is 4.39 Å². The molecular formula is C100H98ClFN20O10S6. The number of thiophene rings is 1. The molecule has 0 saturated heterocycles. The van der Waals surface area contributed by atoms with Gasteiger partial charge in [-0.2, -0.15) is 0 Å². The van der Waals surface area contributed by atoms with Gasteiger partial charge in [0.25, 0.3) is 27.8 Å². The van der Waals surface area contributed by atoms with Crippen molar-refractivity contribution in [3.8, 4) is 79.3 Å². The van der Waals surface area contributed by atoms with Crippen LogP contribution in [-0.2, 0) is 15.6 Å². The van der Waals surface area contributed by atoms with Gasteiger partial charge in [0, 0.05) is 59.2 Å². The van der Waals surface area contributed by atoms with Crippen molar-refractivity contribution in [3.05, 3.63) is 336 Å². The lowest BCUT2D eigenvalue weighted by Crippen LogP contribution is -2.10. The highest BCUT2D eigenvalue weighted by atomic mass is 35.5. The zero-order valence-electron chi connectivity index (χ0n) is 78.0. The molecule has 0 aliphatic carbocycles. The van der Waals surface area contributed by atoms with Crippen LogP contribution in [0.2, 0.25) is 5.02 Å². The van der Waals surface area contributed by atoms with Crippen molar-refractivity contribution in [1.29, 1.82) is 0 Å². The molecule has 30 nitrogen and oxygen atoms in total. The first-order chi connectivity index (χ1) is 66.2. The Morgan fingerprint density at radius 1 is 0.377 bits per heavy atom. The highest BCUT2D eigenvalue weighted by Gasteiger charge is 2.23. The molecule has 5 N–H and O–H groups in total. The van der Waals surface area contributed by atoms with Crippen molar-refractivity contribution in [2.75, 3.05) is 36.8 Å². The molecule has 0 fully saturated rings. The molecule has 19 aromatic rings. The Hall–Kier alpha value is -13.7. The molecule has 11 heterocycles. The summed E-state index contributed by atoms with van der Waals surface area (Å²) in [6.45, 7) is 29.5. The van der Waals surface area contributed by atoms with Crippen LogP contribution < -0.4 is 46.7 Å². The number of aromatic amines is 5. The number of methoxy groups -OCH3 is 1. The highest BCUT2D eigenvalue weighted by Crippen LogP contribution is 2.35. The Labute approximate surface area is 821 Å². The third-order valence-corrected chi connectivity index (χ3v) is 26.1. The lowest BCUT2D eigenvalue weighted by Gasteiger charge is -2.19. The monoisotopic (exact) mass is 1980 g/mol. The van der Waals surface area contributed by atoms with Crippen molar-refractivity contribution in [2.24, 2.45) is 0 Å². The van der Waals surface area contributed by atoms with Crippen LogP contribution >= 0.6 is 81.7 Å². The number of fused-ring (bicyclic) bond motifs is 5. The summed E-state index contributed by atoms with van der Waals surface area (Å²) in [4.78, 5) is 105. The van der Waals surface area contributed by atoms with Crippen LogP contribution in [0.15, 0.2) is 274 Å². The molecule has 0 aliphatic heterocycles. The number of rotatable bonds is 25. The Balaban J connectivity index is 0.000000132. The topological polar surface area (TPSA) is 361 Å². The molecule has 0 unspecified atom stereocenters. The van der Waals surface area contributed by atoms with Gasteiger partial charge in [-0.1, -0.05) is 200 Å². The molecule has 38 heteroatoms. The van der Waals surface area contributed by atoms with Gasteiger partial charge in [-0.25, -0.2) is 76.8 Å². The van der Waals surface area contributed by atoms with Crippen LogP contribution in [0.25, 0.3) is 84.5 Å². The Kier molecular flexibility index (Phi) is 31.7. The SMILES string of the molecule is CC(C)(C)c1ccc(-c2nc(SCOc3ccc(Cl)cc3)n3[nH]c(=O)cc3n2)cc1.COCSc1nc(-c2cccc(C)c2)nc2cc(=O)[nH]n12.Cc1cc(C)cc(OCSc2nc(-c3cccs3)nc3cc(=O)[nH]n23)c1.Cc1ccc(C(C)C)c(OCSc2nc(-c3ccccc3F)nc3cc(=O)[nH]n23)c1.Cc1cccc(OCSc2nc(-c3ccc(C(C)(C)C)cc3)nc3cc(=O)[nH]n23)c1C. The molecular weight excluding hydrogens is 1890 g/mol. The number of hydrogen-bond acceptors (Lipinski definition) is 26. The van der Waals surface area contributed by atoms with E-state index in [0.717, 1.165) is 72.2 Å². The standard InChI is InChI=1S/C24H26N4O2S.C22H21ClN4O2S.C22H21FN4O2S.C18H16N4O2S2.C14H14N4O2S/c1-15-7-6-8-19(16(15)2)30-14-31-23-26-22(25-20-13-21(29)27-28(20)23)17-9-11-18(12-10-17)24(3,4)5;1-22(2,3)15-6-4-14(5-7-15)20-24-18-12-19(28)26-27(18)21(25-20)30-13-29-17-10-8-16(23)9-11-17;1-13(2)15-9-8-14(3)10-18(15)29-12-30-22-25-21(16-6-4-5-7-17(16)23)24-19-11-20(28)26-27(19)22;1-11-6-12(2)8-13(7-11)24-10-26-18-20-17(14-4-3-5-25-14)19-15-9-16(23)21-22(15)18;1-9-4-3-5-10(6-9)13-15-11-7-12(19)17-18(11)14(16-13)21-8-20-2/h6-13H,14H2,1-5H3,(H,27,29);4-12H,13H2,1-3H3,(H,26,28);4-11,13H,12H2,1-3H3,(H,26,28);3-9H,10H2,1-2H3,(H,21,23);3-7H,8H2,1-2H3,(H,17,19). The largest absolute Gasteiger partial charge is 0.483 e. The van der Waals surface area contributed by atoms with E-state index in [4.69, 9.17) is 40.3 Å². The van der Waals surface area contributed by atoms with E-state index >= 15 is 0 Å². The van der Waals surface area contributed by atoms with E-state index < -0.39 is 5.82 Å². The molecule has 0 saturated carbocycles. The molecule has 138 heavy (non-hydrogen) atoms. The summed E-state index contributed by atoms with van der Waals surface area (Å²) in [6.07, 6.45) is 0. The van der Waals surface area contributed by atoms with E-state index in [9.17, 15) is 28.4 Å². The van der Waals surface area contributed by atoms with E-state index in [-0.39, 0.29) is 56.0 Å². The van der Waals surface area contributed by atoms with E-state index in [1.165, 1.54) is 116 Å². The fourth-order valence-electron chi connectivity index (χ4n) is 14.0. The van der Waals surface area contributed by atoms with Gasteiger partial charge < -0.3 is 23.7 Å². The number of hydrogen-bond donors (Lipinski definition) is 5. The third kappa shape index (κ3) is 25.2. The van der Waals surface area contributed by atoms with Gasteiger partial charge in [-0.05, 0) is 228 Å². The maximum absolute atomic E-state index is 14.3. The normalized spacial score (nSPS) is 11.5. The first kappa shape index (κ1) is 98.8. The molecule has 0 radical (unpaired) electrons. The van der Waals surface area contributed by atoms with E-state index in [2.05, 4.69) is 181 Å². The zero-order chi connectivity index (χ0) is 97.6. The van der Waals surface area contributed by atoms with Gasteiger partial charge in [0.05, 0.1) is 16.4 Å². The minimum Gasteiger partial charge on any atom is -0.483 e. The molecule has 8 aromatic carbocycles. The number of ether oxygens (including phenoxy) is 5. The summed E-state index contributed by atoms with van der Waals surface area (Å²) in [5, 5.41) is 19.1. The Morgan fingerprint density at radius 2 is 0.790 bits per heavy atom. The summed E-state index contributed by atoms with van der Waals surface area (Å²) in [5.74, 6) is 7.40. The fourth-order valence-corrected chi connectivity index (χ4v) is 18.3. The molecule has 708 valence electrons. The minimum absolute atomic E-state index is 0.0668. The number of halogens is 2. The average Bonchev–Trinajstić information content (AvgIpc) is 1.72. The van der Waals surface area contributed by atoms with E-state index in [1.807, 2.05) is 131 Å². The number of benzene rings is 8. The fraction of sp³-hybridized carbons (Fsp3) is 0.230. The van der Waals surface area contributed by atoms with Gasteiger partial charge >= 0.3 is 0 Å². The van der Waals surface area contributed by atoms with Crippen LogP contribution in [0.3, 0.4) is 0 Å². The number of aryl methyl sites for hydroxylation is 5. The van der Waals surface area contributed by atoms with Crippen LogP contribution in [-0.4, -0.2) is 135 Å². The van der Waals surface area contributed by atoms with Crippen molar-refractivity contribution < 1.29 is 28.1 Å². The molecule has 0 amide bonds. The molecule has 0 spiro atoms. The lowest BCUT2D eigenvalue weighted by molar-refractivity contribution is 0.258. The van der Waals surface area contributed by atoms with E-state index in [0.29, 0.717) is 118 Å². The van der Waals surface area contributed by atoms with Gasteiger partial charge in [0.2, 0.25) is 0 Å². The quantitative estimate of drug-likeness (QED) is 0.0262. The number of nitrogens with one attached hydrogen (secondary N) is 5. The first-order valence-electron chi connectivity index (χ1n) is 43.4. The summed E-state index contributed by atoms with van der Waals surface area (Å²) in [6, 6.07) is 67.2. The molecule has 19 rings (SSSR count). The summed E-state index contributed by atoms with van der Waals surface area (Å²) >= 11 is 14.3. The maximum atomic E-state index is 14.3. The second-order valence-corrected chi connectivity index (χ2v) is 39.9. The summed E-state index contributed by atoms with van der Waals surface area (Å²) in [7, 11) is 1.62. The van der Waals surface area contributed by atoms with Crippen LogP contribution in [0, 0.1) is 47.4 Å². The second-order valence-electron chi connectivity index (χ2n) is 34.0. The number of nitrogens with zero attached hydrogens (tertiary/aromatic N) is 15. The predicted octanol–water partition coefficient (Wildman–Crippen LogP) is 21.1. The number of aromatic nitrogens is 20. The average molecular weight is 1990 g/mol. The molecule has 0 atom stereocenters. The van der Waals surface area contributed by atoms with Gasteiger partial charge in [-0.3, -0.25) is 49.5 Å². The van der Waals surface area contributed by atoms with E-state index in [1.54, 1.807) is 79.0 Å². The smallest absolute Gasteiger partial charge is 0.266 e. The van der Waals surface area contributed by atoms with Crippen molar-refractivity contribution in [2.45, 2.75) is 139 Å². The van der Waals surface area contributed by atoms with Crippen LogP contribution in [0.1, 0.15) is 111 Å². The van der Waals surface area contributed by atoms with Gasteiger partial charge in [0.1, 0.15) is 52.6 Å². The number of H-pyrrole nitrogens is 5. The van der Waals surface area contributed by atoms with Crippen molar-refractivity contribution in [3.63, 3.8) is 0 Å². The Morgan fingerprint density at radius 3 is 1.24 bits per heavy atom. The zero-order valence-corrected chi connectivity index (χ0v) is 83.6. The second kappa shape index (κ2) is 44.2. The third-order valence-electron chi connectivity index (χ3n) is 21.1. The molecule has 11 aromatic heterocycles. The van der Waals surface area contributed by atoms with Crippen LogP contribution in [0.5, 0.6) is 23.0 Å². The minimum atomic E-state index is -0.423.